The number of hydrogen-bond acceptors (Lipinski definition) is 6. The fourth-order valence-electron chi connectivity index (χ4n) is 3.95. The van der Waals surface area contributed by atoms with Gasteiger partial charge in [0.15, 0.2) is 0 Å². The molecule has 1 saturated heterocycles. The maximum atomic E-state index is 14.4. The third-order valence-electron chi connectivity index (χ3n) is 5.48. The molecule has 1 fully saturated rings. The smallest absolute Gasteiger partial charge is 0.250 e. The van der Waals surface area contributed by atoms with Gasteiger partial charge >= 0.3 is 0 Å². The number of carbonyl (C=O) groups excluding carboxylic acids is 1. The van der Waals surface area contributed by atoms with E-state index in [0.29, 0.717) is 60.2 Å². The number of amides is 1. The zero-order valence-electron chi connectivity index (χ0n) is 17.2. The minimum absolute atomic E-state index is 0.218. The molecule has 3 aromatic heterocycles. The first-order valence-corrected chi connectivity index (χ1v) is 10.3. The van der Waals surface area contributed by atoms with E-state index in [2.05, 4.69) is 14.9 Å². The van der Waals surface area contributed by atoms with Crippen LogP contribution in [0.3, 0.4) is 0 Å². The number of aromatic amines is 1. The molecule has 1 aliphatic heterocycles. The van der Waals surface area contributed by atoms with E-state index in [9.17, 15) is 9.18 Å². The highest BCUT2D eigenvalue weighted by atomic mass is 19.1. The third kappa shape index (κ3) is 3.90. The number of morpholine rings is 1. The predicted octanol–water partition coefficient (Wildman–Crippen LogP) is 2.69. The summed E-state index contributed by atoms with van der Waals surface area (Å²) in [5.41, 5.74) is 8.29. The van der Waals surface area contributed by atoms with Crippen molar-refractivity contribution in [2.24, 2.45) is 5.73 Å². The molecule has 8 nitrogen and oxygen atoms in total. The average Bonchev–Trinajstić information content (AvgIpc) is 3.27. The van der Waals surface area contributed by atoms with Gasteiger partial charge in [-0.2, -0.15) is 0 Å². The zero-order valence-corrected chi connectivity index (χ0v) is 17.2. The van der Waals surface area contributed by atoms with Gasteiger partial charge in [-0.15, -0.1) is 0 Å². The molecule has 1 aromatic carbocycles. The van der Waals surface area contributed by atoms with Crippen LogP contribution in [-0.2, 0) is 11.2 Å². The molecular formula is C23H21FN6O2. The van der Waals surface area contributed by atoms with E-state index in [-0.39, 0.29) is 12.2 Å². The van der Waals surface area contributed by atoms with Crippen LogP contribution < -0.4 is 10.6 Å². The van der Waals surface area contributed by atoms with Gasteiger partial charge in [-0.1, -0.05) is 0 Å². The number of pyridine rings is 1. The molecule has 0 bridgehead atoms. The lowest BCUT2D eigenvalue weighted by Crippen LogP contribution is -2.37. The Bertz CT molecular complexity index is 1300. The summed E-state index contributed by atoms with van der Waals surface area (Å²) in [5.74, 6) is 0.275. The highest BCUT2D eigenvalue weighted by molar-refractivity contribution is 5.95. The molecule has 1 aliphatic rings. The van der Waals surface area contributed by atoms with Crippen molar-refractivity contribution in [2.45, 2.75) is 6.42 Å². The molecule has 4 aromatic rings. The number of nitrogens with two attached hydrogens (primary N) is 1. The number of ether oxygens (including phenoxy) is 1. The minimum atomic E-state index is -0.559. The summed E-state index contributed by atoms with van der Waals surface area (Å²) >= 11 is 0. The Morgan fingerprint density at radius 3 is 2.84 bits per heavy atom. The number of hydrogen-bond donors (Lipinski definition) is 2. The number of fused-ring (bicyclic) bond motifs is 1. The quantitative estimate of drug-likeness (QED) is 0.502. The first kappa shape index (κ1) is 20.1. The second-order valence-electron chi connectivity index (χ2n) is 7.56. The number of carbonyl (C=O) groups is 1. The van der Waals surface area contributed by atoms with E-state index in [4.69, 9.17) is 20.4 Å². The number of H-pyrrole nitrogens is 1. The SMILES string of the molecule is NC(=O)c1cccnc1Cc1nc(-c2cc(F)cc3[nH]ccc23)cc(N2CCOCC2)n1. The summed E-state index contributed by atoms with van der Waals surface area (Å²) in [6.45, 7) is 2.58. The molecule has 9 heteroatoms. The molecule has 3 N–H and O–H groups in total. The summed E-state index contributed by atoms with van der Waals surface area (Å²) in [5, 5.41) is 0.861. The van der Waals surface area contributed by atoms with Gasteiger partial charge < -0.3 is 20.4 Å². The first-order chi connectivity index (χ1) is 15.6. The van der Waals surface area contributed by atoms with Gasteiger partial charge in [-0.05, 0) is 30.3 Å². The Labute approximate surface area is 183 Å². The molecule has 0 unspecified atom stereocenters. The Hall–Kier alpha value is -3.85. The van der Waals surface area contributed by atoms with E-state index in [1.54, 1.807) is 24.5 Å². The van der Waals surface area contributed by atoms with Gasteiger partial charge in [0.2, 0.25) is 0 Å². The third-order valence-corrected chi connectivity index (χ3v) is 5.48. The fourth-order valence-corrected chi connectivity index (χ4v) is 3.95. The fraction of sp³-hybridized carbons (Fsp3) is 0.217. The van der Waals surface area contributed by atoms with Crippen molar-refractivity contribution in [3.63, 3.8) is 0 Å². The summed E-state index contributed by atoms with van der Waals surface area (Å²) < 4.78 is 19.8. The van der Waals surface area contributed by atoms with E-state index >= 15 is 0 Å². The lowest BCUT2D eigenvalue weighted by molar-refractivity contribution is 0.0999. The molecule has 0 atom stereocenters. The largest absolute Gasteiger partial charge is 0.378 e. The van der Waals surface area contributed by atoms with Gasteiger partial charge in [0, 0.05) is 48.0 Å². The van der Waals surface area contributed by atoms with Crippen LogP contribution in [0.25, 0.3) is 22.2 Å². The van der Waals surface area contributed by atoms with Crippen LogP contribution >= 0.6 is 0 Å². The minimum Gasteiger partial charge on any atom is -0.378 e. The van der Waals surface area contributed by atoms with Gasteiger partial charge in [0.25, 0.3) is 5.91 Å². The molecule has 4 heterocycles. The van der Waals surface area contributed by atoms with Crippen LogP contribution in [0, 0.1) is 5.82 Å². The molecule has 5 rings (SSSR count). The number of primary amides is 1. The number of nitrogens with zero attached hydrogens (tertiary/aromatic N) is 4. The van der Waals surface area contributed by atoms with Crippen molar-refractivity contribution >= 4 is 22.6 Å². The Kier molecular flexibility index (Phi) is 5.24. The van der Waals surface area contributed by atoms with Crippen LogP contribution in [0.5, 0.6) is 0 Å². The maximum absolute atomic E-state index is 14.4. The van der Waals surface area contributed by atoms with E-state index in [1.165, 1.54) is 12.1 Å². The summed E-state index contributed by atoms with van der Waals surface area (Å²) in [6.07, 6.45) is 3.59. The summed E-state index contributed by atoms with van der Waals surface area (Å²) in [7, 11) is 0. The highest BCUT2D eigenvalue weighted by Crippen LogP contribution is 2.30. The molecule has 0 spiro atoms. The number of aromatic nitrogens is 4. The second-order valence-corrected chi connectivity index (χ2v) is 7.56. The van der Waals surface area contributed by atoms with Crippen molar-refractivity contribution < 1.29 is 13.9 Å². The van der Waals surface area contributed by atoms with Gasteiger partial charge in [-0.3, -0.25) is 9.78 Å². The normalized spacial score (nSPS) is 14.1. The van der Waals surface area contributed by atoms with Crippen molar-refractivity contribution in [3.8, 4) is 11.3 Å². The molecule has 0 aliphatic carbocycles. The van der Waals surface area contributed by atoms with E-state index < -0.39 is 5.91 Å². The van der Waals surface area contributed by atoms with Crippen molar-refractivity contribution in [1.82, 2.24) is 19.9 Å². The number of anilines is 1. The molecule has 162 valence electrons. The lowest BCUT2D eigenvalue weighted by Gasteiger charge is -2.28. The topological polar surface area (TPSA) is 110 Å². The Morgan fingerprint density at radius 2 is 2.03 bits per heavy atom. The van der Waals surface area contributed by atoms with Gasteiger partial charge in [0.05, 0.1) is 36.6 Å². The highest BCUT2D eigenvalue weighted by Gasteiger charge is 2.19. The molecule has 0 radical (unpaired) electrons. The molecule has 32 heavy (non-hydrogen) atoms. The Morgan fingerprint density at radius 1 is 1.19 bits per heavy atom. The van der Waals surface area contributed by atoms with Crippen LogP contribution in [0.4, 0.5) is 10.2 Å². The number of benzene rings is 1. The van der Waals surface area contributed by atoms with Crippen molar-refractivity contribution in [2.75, 3.05) is 31.2 Å². The molecule has 1 amide bonds. The zero-order chi connectivity index (χ0) is 22.1. The van der Waals surface area contributed by atoms with Gasteiger partial charge in [0.1, 0.15) is 17.5 Å². The predicted molar refractivity (Wildman–Crippen MR) is 118 cm³/mol. The van der Waals surface area contributed by atoms with Crippen molar-refractivity contribution in [3.05, 3.63) is 71.7 Å². The van der Waals surface area contributed by atoms with Crippen LogP contribution in [-0.4, -0.2) is 52.1 Å². The average molecular weight is 432 g/mol. The molecule has 0 saturated carbocycles. The summed E-state index contributed by atoms with van der Waals surface area (Å²) in [6, 6.07) is 9.98. The maximum Gasteiger partial charge on any atom is 0.250 e. The first-order valence-electron chi connectivity index (χ1n) is 10.3. The van der Waals surface area contributed by atoms with E-state index in [0.717, 1.165) is 11.2 Å². The monoisotopic (exact) mass is 432 g/mol. The van der Waals surface area contributed by atoms with E-state index in [1.807, 2.05) is 12.1 Å². The van der Waals surface area contributed by atoms with Gasteiger partial charge in [-0.25, -0.2) is 14.4 Å². The number of halogens is 1. The van der Waals surface area contributed by atoms with Crippen LogP contribution in [0.15, 0.2) is 48.8 Å². The molecular weight excluding hydrogens is 411 g/mol. The van der Waals surface area contributed by atoms with Crippen molar-refractivity contribution in [1.29, 1.82) is 0 Å². The standard InChI is InChI=1S/C23H21FN6O2/c24-14-10-17(15-3-5-27-18(15)11-14)20-13-22(30-6-8-32-9-7-30)29-21(28-20)12-19-16(23(25)31)2-1-4-26-19/h1-5,10-11,13,27H,6-9,12H2,(H2,25,31). The Balaban J connectivity index is 1.64. The number of nitrogens with one attached hydrogen (secondary N) is 1. The summed E-state index contributed by atoms with van der Waals surface area (Å²) in [4.78, 5) is 30.8. The van der Waals surface area contributed by atoms with Crippen LogP contribution in [0.1, 0.15) is 21.9 Å². The lowest BCUT2D eigenvalue weighted by atomic mass is 10.1. The number of rotatable bonds is 5. The second kappa shape index (κ2) is 8.35. The van der Waals surface area contributed by atoms with Crippen LogP contribution in [0.2, 0.25) is 0 Å².